The third-order valence-electron chi connectivity index (χ3n) is 4.77. The van der Waals surface area contributed by atoms with Crippen LogP contribution >= 0.6 is 11.3 Å². The number of fused-ring (bicyclic) bond motifs is 1. The van der Waals surface area contributed by atoms with Gasteiger partial charge in [-0.25, -0.2) is 4.98 Å². The van der Waals surface area contributed by atoms with Gasteiger partial charge < -0.3 is 14.4 Å². The fourth-order valence-corrected chi connectivity index (χ4v) is 4.04. The monoisotopic (exact) mass is 346 g/mol. The molecule has 6 heteroatoms. The summed E-state index contributed by atoms with van der Waals surface area (Å²) < 4.78 is 2.21. The summed E-state index contributed by atoms with van der Waals surface area (Å²) in [6, 6.07) is 2.04. The Hall–Kier alpha value is -1.66. The summed E-state index contributed by atoms with van der Waals surface area (Å²) in [5.74, 6) is 1.64. The van der Waals surface area contributed by atoms with E-state index in [9.17, 15) is 4.79 Å². The van der Waals surface area contributed by atoms with Crippen molar-refractivity contribution in [2.45, 2.75) is 33.4 Å². The minimum Gasteiger partial charge on any atom is -0.335 e. The molecule has 1 atom stereocenters. The quantitative estimate of drug-likeness (QED) is 0.807. The van der Waals surface area contributed by atoms with Gasteiger partial charge in [0.25, 0.3) is 0 Å². The number of hydrogen-bond acceptors (Lipinski definition) is 4. The van der Waals surface area contributed by atoms with E-state index in [-0.39, 0.29) is 5.91 Å². The lowest BCUT2D eigenvalue weighted by Gasteiger charge is -2.28. The van der Waals surface area contributed by atoms with Crippen LogP contribution in [0.3, 0.4) is 0 Å². The zero-order chi connectivity index (χ0) is 16.9. The molecule has 3 heterocycles. The maximum atomic E-state index is 12.8. The minimum atomic E-state index is 0.203. The molecule has 5 nitrogen and oxygen atoms in total. The first-order valence-electron chi connectivity index (χ1n) is 8.70. The highest BCUT2D eigenvalue weighted by Crippen LogP contribution is 2.18. The summed E-state index contributed by atoms with van der Waals surface area (Å²) in [4.78, 5) is 21.7. The lowest BCUT2D eigenvalue weighted by molar-refractivity contribution is -0.131. The number of hydrogen-bond donors (Lipinski definition) is 0. The Balaban J connectivity index is 1.74. The molecule has 1 amide bonds. The number of amides is 1. The van der Waals surface area contributed by atoms with Gasteiger partial charge in [-0.15, -0.1) is 0 Å². The number of aromatic nitrogens is 2. The zero-order valence-electron chi connectivity index (χ0n) is 14.5. The molecule has 130 valence electrons. The maximum absolute atomic E-state index is 12.8. The van der Waals surface area contributed by atoms with E-state index in [1.807, 2.05) is 28.7 Å². The molecule has 2 aromatic heterocycles. The normalized spacial score (nSPS) is 17.8. The van der Waals surface area contributed by atoms with E-state index in [2.05, 4.69) is 33.7 Å². The van der Waals surface area contributed by atoms with Crippen LogP contribution in [0.15, 0.2) is 29.2 Å². The molecule has 0 aliphatic carbocycles. The smallest absolute Gasteiger partial charge is 0.227 e. The van der Waals surface area contributed by atoms with E-state index in [1.165, 1.54) is 0 Å². The van der Waals surface area contributed by atoms with Crippen LogP contribution in [-0.4, -0.2) is 51.4 Å². The van der Waals surface area contributed by atoms with Gasteiger partial charge in [0.15, 0.2) is 0 Å². The molecule has 1 unspecified atom stereocenters. The van der Waals surface area contributed by atoms with Gasteiger partial charge in [0, 0.05) is 37.9 Å². The van der Waals surface area contributed by atoms with Crippen molar-refractivity contribution in [3.8, 4) is 0 Å². The average molecular weight is 347 g/mol. The van der Waals surface area contributed by atoms with E-state index >= 15 is 0 Å². The Kier molecular flexibility index (Phi) is 5.68. The van der Waals surface area contributed by atoms with Crippen molar-refractivity contribution in [2.75, 3.05) is 26.2 Å². The van der Waals surface area contributed by atoms with Crippen LogP contribution in [-0.2, 0) is 24.3 Å². The highest BCUT2D eigenvalue weighted by atomic mass is 32.1. The summed E-state index contributed by atoms with van der Waals surface area (Å²) in [6.07, 6.45) is 4.37. The predicted octanol–water partition coefficient (Wildman–Crippen LogP) is 2.49. The number of rotatable bonds is 6. The second-order valence-electron chi connectivity index (χ2n) is 6.43. The average Bonchev–Trinajstić information content (AvgIpc) is 3.21. The maximum Gasteiger partial charge on any atom is 0.227 e. The molecular weight excluding hydrogens is 320 g/mol. The molecule has 0 fully saturated rings. The van der Waals surface area contributed by atoms with Crippen LogP contribution in [0.2, 0.25) is 0 Å². The molecule has 24 heavy (non-hydrogen) atoms. The van der Waals surface area contributed by atoms with Crippen molar-refractivity contribution in [1.82, 2.24) is 19.4 Å². The molecule has 3 rings (SSSR count). The molecule has 0 radical (unpaired) electrons. The van der Waals surface area contributed by atoms with Gasteiger partial charge in [-0.2, -0.15) is 11.3 Å². The van der Waals surface area contributed by atoms with Crippen LogP contribution in [0.5, 0.6) is 0 Å². The topological polar surface area (TPSA) is 41.4 Å². The van der Waals surface area contributed by atoms with E-state index in [0.29, 0.717) is 18.9 Å². The molecule has 0 bridgehead atoms. The van der Waals surface area contributed by atoms with E-state index in [1.54, 1.807) is 11.3 Å². The van der Waals surface area contributed by atoms with Crippen molar-refractivity contribution in [3.05, 3.63) is 40.6 Å². The lowest BCUT2D eigenvalue weighted by atomic mass is 10.1. The lowest BCUT2D eigenvalue weighted by Crippen LogP contribution is -2.39. The Morgan fingerprint density at radius 1 is 1.38 bits per heavy atom. The standard InChI is InChI=1S/C18H26N4OS/c1-3-20(4-2)10-16-11-21-7-6-19-17(21)13-22(12-16)18(23)9-15-5-8-24-14-15/h5-8,14,16H,3-4,9-13H2,1-2H3. The molecule has 1 aliphatic rings. The molecule has 0 N–H and O–H groups in total. The second-order valence-corrected chi connectivity index (χ2v) is 7.21. The first-order valence-corrected chi connectivity index (χ1v) is 9.65. The van der Waals surface area contributed by atoms with Crippen LogP contribution < -0.4 is 0 Å². The highest BCUT2D eigenvalue weighted by molar-refractivity contribution is 7.07. The first kappa shape index (κ1) is 17.2. The third-order valence-corrected chi connectivity index (χ3v) is 5.50. The van der Waals surface area contributed by atoms with Crippen molar-refractivity contribution in [1.29, 1.82) is 0 Å². The molecule has 0 aromatic carbocycles. The van der Waals surface area contributed by atoms with Gasteiger partial charge in [0.05, 0.1) is 13.0 Å². The van der Waals surface area contributed by atoms with Gasteiger partial charge >= 0.3 is 0 Å². The molecule has 0 saturated carbocycles. The summed E-state index contributed by atoms with van der Waals surface area (Å²) >= 11 is 1.64. The van der Waals surface area contributed by atoms with Crippen molar-refractivity contribution in [2.24, 2.45) is 5.92 Å². The Bertz CT molecular complexity index is 648. The number of thiophene rings is 1. The molecule has 0 saturated heterocycles. The highest BCUT2D eigenvalue weighted by Gasteiger charge is 2.26. The molecular formula is C18H26N4OS. The van der Waals surface area contributed by atoms with E-state index < -0.39 is 0 Å². The van der Waals surface area contributed by atoms with Gasteiger partial charge in [0.1, 0.15) is 5.82 Å². The molecule has 2 aromatic rings. The van der Waals surface area contributed by atoms with Gasteiger partial charge in [0.2, 0.25) is 5.91 Å². The Morgan fingerprint density at radius 3 is 2.92 bits per heavy atom. The van der Waals surface area contributed by atoms with Gasteiger partial charge in [-0.1, -0.05) is 13.8 Å². The summed E-state index contributed by atoms with van der Waals surface area (Å²) in [7, 11) is 0. The van der Waals surface area contributed by atoms with Crippen LogP contribution in [0, 0.1) is 5.92 Å². The Morgan fingerprint density at radius 2 is 2.21 bits per heavy atom. The Labute approximate surface area is 147 Å². The van der Waals surface area contributed by atoms with E-state index in [0.717, 1.165) is 44.1 Å². The minimum absolute atomic E-state index is 0.203. The largest absolute Gasteiger partial charge is 0.335 e. The van der Waals surface area contributed by atoms with E-state index in [4.69, 9.17) is 0 Å². The molecule has 0 spiro atoms. The first-order chi connectivity index (χ1) is 11.7. The fourth-order valence-electron chi connectivity index (χ4n) is 3.37. The fraction of sp³-hybridized carbons (Fsp3) is 0.556. The predicted molar refractivity (Wildman–Crippen MR) is 96.9 cm³/mol. The second kappa shape index (κ2) is 7.94. The number of imidazole rings is 1. The van der Waals surface area contributed by atoms with Crippen LogP contribution in [0.1, 0.15) is 25.2 Å². The van der Waals surface area contributed by atoms with Crippen LogP contribution in [0.4, 0.5) is 0 Å². The third kappa shape index (κ3) is 4.05. The van der Waals surface area contributed by atoms with Gasteiger partial charge in [-0.05, 0) is 35.5 Å². The summed E-state index contributed by atoms with van der Waals surface area (Å²) in [5.41, 5.74) is 1.11. The molecule has 1 aliphatic heterocycles. The van der Waals surface area contributed by atoms with Crippen molar-refractivity contribution in [3.63, 3.8) is 0 Å². The number of carbonyl (C=O) groups excluding carboxylic acids is 1. The van der Waals surface area contributed by atoms with Gasteiger partial charge in [-0.3, -0.25) is 4.79 Å². The number of carbonyl (C=O) groups is 1. The van der Waals surface area contributed by atoms with Crippen molar-refractivity contribution >= 4 is 17.2 Å². The van der Waals surface area contributed by atoms with Crippen molar-refractivity contribution < 1.29 is 4.79 Å². The summed E-state index contributed by atoms with van der Waals surface area (Å²) in [5, 5.41) is 4.09. The zero-order valence-corrected chi connectivity index (χ0v) is 15.3. The number of nitrogens with zero attached hydrogens (tertiary/aromatic N) is 4. The van der Waals surface area contributed by atoms with Crippen LogP contribution in [0.25, 0.3) is 0 Å². The summed E-state index contributed by atoms with van der Waals surface area (Å²) in [6.45, 7) is 9.87. The SMILES string of the molecule is CCN(CC)CC1CN(C(=O)Cc2ccsc2)Cc2nccn2C1.